The van der Waals surface area contributed by atoms with E-state index in [1.807, 2.05) is 118 Å². The van der Waals surface area contributed by atoms with Gasteiger partial charge in [0.05, 0.1) is 51.8 Å². The van der Waals surface area contributed by atoms with Gasteiger partial charge in [0.25, 0.3) is 0 Å². The van der Waals surface area contributed by atoms with Crippen molar-refractivity contribution in [2.45, 2.75) is 367 Å². The quantitative estimate of drug-likeness (QED) is 0.0484. The number of alkyl halides is 5. The standard InChI is InChI=1S/C21H36O5.C19H34O4.C16H24O4.C12H17F5O4.C12H20O4.CH4/c1-7-21(5,6)18(22)24-16-12-13-17(15-11-9-8-10-14(15)16)25-19(23)26-20(2,3)4;1-7-19(5,6)18(20)23-16-11-13-9-14(16)10-15(13)22-17(12(3)4)21-8-2;1-4-15(2,3)13(17)20-12-8-11-7-10(12)9-16(11)5-6-19-14(16)18;1-5-8(2,3)7(18)21-9(4)6-20-11(19,10(9,13)14)12(15,16)17;1-5-11(2,3)10(14)16-12(4)7-6-9(13)15-8-12;/h14-17H,7-13H2,1-6H3;12-17H,7-11H2,1-6H3;10-12H,4-9H2,1-3H3;19H,5-6H2,1-4H3;5-8H2,1-4H3;1H4. The van der Waals surface area contributed by atoms with Gasteiger partial charge in [0.15, 0.2) is 6.29 Å². The summed E-state index contributed by atoms with van der Waals surface area (Å²) < 4.78 is 130. The van der Waals surface area contributed by atoms with Crippen molar-refractivity contribution in [3.05, 3.63) is 0 Å². The minimum atomic E-state index is -5.74. The van der Waals surface area contributed by atoms with Crippen LogP contribution in [0.15, 0.2) is 0 Å². The summed E-state index contributed by atoms with van der Waals surface area (Å²) in [6.07, 6.45) is 10.3. The van der Waals surface area contributed by atoms with Crippen molar-refractivity contribution in [2.24, 2.45) is 73.9 Å². The second-order valence-electron chi connectivity index (χ2n) is 36.1. The lowest BCUT2D eigenvalue weighted by Gasteiger charge is -2.45. The Kier molecular flexibility index (Phi) is 32.4. The fourth-order valence-electron chi connectivity index (χ4n) is 14.7. The van der Waals surface area contributed by atoms with Gasteiger partial charge >= 0.3 is 65.8 Å². The Bertz CT molecular complexity index is 2980. The fourth-order valence-corrected chi connectivity index (χ4v) is 14.7. The molecule has 6 aliphatic carbocycles. The van der Waals surface area contributed by atoms with Crippen LogP contribution in [0.1, 0.15) is 295 Å². The predicted molar refractivity (Wildman–Crippen MR) is 388 cm³/mol. The molecule has 1 N–H and O–H groups in total. The molecule has 4 bridgehead atoms. The van der Waals surface area contributed by atoms with Crippen molar-refractivity contribution in [3.8, 4) is 0 Å². The van der Waals surface area contributed by atoms with E-state index in [-0.39, 0.29) is 116 Å². The average Bonchev–Trinajstić information content (AvgIpc) is 1.57. The van der Waals surface area contributed by atoms with E-state index in [1.54, 1.807) is 6.92 Å². The highest BCUT2D eigenvalue weighted by molar-refractivity contribution is 5.81. The number of carbonyl (C=O) groups excluding carboxylic acids is 8. The zero-order valence-electron chi connectivity index (χ0n) is 68.0. The van der Waals surface area contributed by atoms with Crippen LogP contribution in [0.25, 0.3) is 0 Å². The largest absolute Gasteiger partial charge is 0.509 e. The number of cyclic esters (lactones) is 2. The van der Waals surface area contributed by atoms with Gasteiger partial charge in [0.1, 0.15) is 42.2 Å². The van der Waals surface area contributed by atoms with Gasteiger partial charge < -0.3 is 61.9 Å². The van der Waals surface area contributed by atoms with Crippen molar-refractivity contribution < 1.29 is 122 Å². The Morgan fingerprint density at radius 2 is 1.00 bits per heavy atom. The number of halogens is 5. The second kappa shape index (κ2) is 36.7. The Labute approximate surface area is 634 Å². The number of rotatable bonds is 21. The highest BCUT2D eigenvalue weighted by Crippen LogP contribution is 2.61. The number of fused-ring (bicyclic) bond motifs is 6. The molecule has 0 radical (unpaired) electrons. The van der Waals surface area contributed by atoms with Gasteiger partial charge in [-0.2, -0.15) is 22.0 Å². The Hall–Kier alpha value is -4.95. The lowest BCUT2D eigenvalue weighted by molar-refractivity contribution is -0.409. The molecule has 9 aliphatic rings. The van der Waals surface area contributed by atoms with Crippen LogP contribution >= 0.6 is 0 Å². The van der Waals surface area contributed by atoms with E-state index in [2.05, 4.69) is 23.3 Å². The summed E-state index contributed by atoms with van der Waals surface area (Å²) in [7, 11) is 0. The predicted octanol–water partition coefficient (Wildman–Crippen LogP) is 17.5. The molecule has 0 aromatic heterocycles. The first-order valence-corrected chi connectivity index (χ1v) is 39.0. The normalized spacial score (nSPS) is 31.7. The first-order chi connectivity index (χ1) is 48.6. The van der Waals surface area contributed by atoms with E-state index in [1.165, 1.54) is 13.8 Å². The van der Waals surface area contributed by atoms with Gasteiger partial charge in [-0.1, -0.05) is 68.7 Å². The van der Waals surface area contributed by atoms with Crippen LogP contribution in [-0.4, -0.2) is 151 Å². The maximum Gasteiger partial charge on any atom is 0.509 e. The Balaban J connectivity index is 0.000000284. The van der Waals surface area contributed by atoms with Crippen molar-refractivity contribution >= 4 is 47.9 Å². The molecule has 26 heteroatoms. The summed E-state index contributed by atoms with van der Waals surface area (Å²) in [5.41, 5.74) is -7.24. The summed E-state index contributed by atoms with van der Waals surface area (Å²) in [6.45, 7) is 42.1. The van der Waals surface area contributed by atoms with Crippen LogP contribution in [-0.2, 0) is 90.4 Å². The highest BCUT2D eigenvalue weighted by atomic mass is 19.4. The summed E-state index contributed by atoms with van der Waals surface area (Å²) in [5, 5.41) is 9.18. The van der Waals surface area contributed by atoms with E-state index >= 15 is 0 Å². The molecule has 0 aromatic rings. The monoisotopic (exact) mass is 1540 g/mol. The third-order valence-corrected chi connectivity index (χ3v) is 24.4. The smallest absolute Gasteiger partial charge is 0.465 e. The number of hydrogen-bond acceptors (Lipinski definition) is 21. The van der Waals surface area contributed by atoms with E-state index in [4.69, 9.17) is 47.4 Å². The molecule has 9 fully saturated rings. The Morgan fingerprint density at radius 1 is 0.551 bits per heavy atom. The van der Waals surface area contributed by atoms with Crippen molar-refractivity contribution in [3.63, 3.8) is 0 Å². The van der Waals surface area contributed by atoms with Gasteiger partial charge in [-0.05, 0) is 237 Å². The molecule has 620 valence electrons. The molecular formula is C81H135F5O21. The van der Waals surface area contributed by atoms with Crippen LogP contribution in [0, 0.1) is 73.9 Å². The van der Waals surface area contributed by atoms with Gasteiger partial charge in [-0.3, -0.25) is 33.6 Å². The summed E-state index contributed by atoms with van der Waals surface area (Å²) in [5.74, 6) is -8.80. The molecular weight excluding hydrogens is 1400 g/mol. The minimum Gasteiger partial charge on any atom is -0.465 e. The average molecular weight is 1540 g/mol. The van der Waals surface area contributed by atoms with Crippen LogP contribution < -0.4 is 0 Å². The van der Waals surface area contributed by atoms with Gasteiger partial charge in [-0.25, -0.2) is 4.79 Å². The lowest BCUT2D eigenvalue weighted by atomic mass is 9.68. The van der Waals surface area contributed by atoms with Crippen LogP contribution in [0.4, 0.5) is 26.7 Å². The number of ether oxygens (including phenoxy) is 12. The van der Waals surface area contributed by atoms with E-state index < -0.39 is 75.1 Å². The van der Waals surface area contributed by atoms with Crippen molar-refractivity contribution in [1.29, 1.82) is 0 Å². The number of aliphatic hydroxyl groups is 1. The molecule has 3 aliphatic heterocycles. The number of esters is 7. The molecule has 3 heterocycles. The maximum absolute atomic E-state index is 14.0. The zero-order valence-corrected chi connectivity index (χ0v) is 68.0. The molecule has 16 atom stereocenters. The molecule has 3 saturated heterocycles. The SMILES string of the molecule is C.CCC(C)(C)C(=O)OC1(C)CCC(=O)OC1.CCC(C)(C)C(=O)OC1(C)COC(O)(C(F)(F)F)C1(F)F.CCC(C)(C)C(=O)OC1CC2CC1CC21CCOC1=O.CCC(C)(C)C(=O)OC1CCC(OC(=O)OC(C)(C)C)C2CCCCC12.CCOC(OC1CC2CC1CC2OC(=O)C(C)(C)CC)C(C)C. The minimum absolute atomic E-state index is 0. The molecule has 0 aromatic carbocycles. The molecule has 1 spiro atoms. The Morgan fingerprint density at radius 3 is 1.38 bits per heavy atom. The molecule has 107 heavy (non-hydrogen) atoms. The molecule has 16 unspecified atom stereocenters. The van der Waals surface area contributed by atoms with Gasteiger partial charge in [0, 0.05) is 37.2 Å². The van der Waals surface area contributed by atoms with E-state index in [0.717, 1.165) is 109 Å². The molecule has 21 nitrogen and oxygen atoms in total. The van der Waals surface area contributed by atoms with Crippen molar-refractivity contribution in [2.75, 3.05) is 26.4 Å². The van der Waals surface area contributed by atoms with Gasteiger partial charge in [0.2, 0.25) is 5.60 Å². The number of hydrogen-bond donors (Lipinski definition) is 1. The molecule has 9 rings (SSSR count). The third-order valence-electron chi connectivity index (χ3n) is 24.4. The topological polar surface area (TPSA) is 268 Å². The van der Waals surface area contributed by atoms with Crippen LogP contribution in [0.5, 0.6) is 0 Å². The van der Waals surface area contributed by atoms with Crippen molar-refractivity contribution in [1.82, 2.24) is 0 Å². The van der Waals surface area contributed by atoms with E-state index in [0.29, 0.717) is 62.6 Å². The third kappa shape index (κ3) is 22.9. The second-order valence-corrected chi connectivity index (χ2v) is 36.1. The number of carbonyl (C=O) groups is 8. The van der Waals surface area contributed by atoms with Gasteiger partial charge in [-0.15, -0.1) is 0 Å². The molecule has 6 saturated carbocycles. The summed E-state index contributed by atoms with van der Waals surface area (Å²) >= 11 is 0. The summed E-state index contributed by atoms with van der Waals surface area (Å²) in [6, 6.07) is 0. The first-order valence-electron chi connectivity index (χ1n) is 39.0. The van der Waals surface area contributed by atoms with Crippen LogP contribution in [0.2, 0.25) is 0 Å². The zero-order chi connectivity index (χ0) is 80.6. The molecule has 0 amide bonds. The fraction of sp³-hybridized carbons (Fsp3) is 0.901. The maximum atomic E-state index is 14.0. The first kappa shape index (κ1) is 94.4. The van der Waals surface area contributed by atoms with Crippen LogP contribution in [0.3, 0.4) is 0 Å². The highest BCUT2D eigenvalue weighted by Gasteiger charge is 2.83. The van der Waals surface area contributed by atoms with E-state index in [9.17, 15) is 65.4 Å². The summed E-state index contributed by atoms with van der Waals surface area (Å²) in [4.78, 5) is 95.7. The lowest BCUT2D eigenvalue weighted by Crippen LogP contribution is -2.63.